The fourth-order valence-electron chi connectivity index (χ4n) is 1.84. The van der Waals surface area contributed by atoms with Crippen LogP contribution in [0.25, 0.3) is 0 Å². The van der Waals surface area contributed by atoms with Crippen molar-refractivity contribution in [2.75, 3.05) is 20.3 Å². The summed E-state index contributed by atoms with van der Waals surface area (Å²) in [5.41, 5.74) is 0.786. The molecule has 0 radical (unpaired) electrons. The molecule has 0 fully saturated rings. The van der Waals surface area contributed by atoms with E-state index in [-0.39, 0.29) is 30.6 Å². The molecule has 1 aromatic carbocycles. The van der Waals surface area contributed by atoms with E-state index in [1.165, 1.54) is 13.2 Å². The number of esters is 1. The molecule has 0 heterocycles. The number of methoxy groups -OCH3 is 1. The van der Waals surface area contributed by atoms with Crippen LogP contribution in [0, 0.1) is 11.7 Å². The zero-order valence-corrected chi connectivity index (χ0v) is 12.9. The maximum atomic E-state index is 13.8. The molecule has 0 unspecified atom stereocenters. The van der Waals surface area contributed by atoms with E-state index in [0.717, 1.165) is 12.1 Å². The van der Waals surface area contributed by atoms with Crippen molar-refractivity contribution in [2.24, 2.45) is 5.92 Å². The van der Waals surface area contributed by atoms with E-state index in [4.69, 9.17) is 4.74 Å². The summed E-state index contributed by atoms with van der Waals surface area (Å²) >= 11 is 0. The molecule has 0 aliphatic rings. The summed E-state index contributed by atoms with van der Waals surface area (Å²) in [5.74, 6) is 0.129. The molecule has 0 amide bonds. The molecule has 0 saturated heterocycles. The van der Waals surface area contributed by atoms with Gasteiger partial charge in [-0.05, 0) is 24.9 Å². The standard InChI is InChI=1S/C16H24FNO3/c1-12(2)10-18-11-13-6-4-7-14(17)16(13)21-9-5-8-15(19)20-3/h4,6-7,12,18H,5,8-11H2,1-3H3. The molecule has 0 spiro atoms. The van der Waals surface area contributed by atoms with E-state index in [2.05, 4.69) is 23.9 Å². The zero-order valence-electron chi connectivity index (χ0n) is 12.9. The summed E-state index contributed by atoms with van der Waals surface area (Å²) in [6.45, 7) is 5.93. The Morgan fingerprint density at radius 1 is 1.38 bits per heavy atom. The second-order valence-corrected chi connectivity index (χ2v) is 5.28. The fourth-order valence-corrected chi connectivity index (χ4v) is 1.84. The molecule has 118 valence electrons. The van der Waals surface area contributed by atoms with E-state index in [9.17, 15) is 9.18 Å². The lowest BCUT2D eigenvalue weighted by Crippen LogP contribution is -2.19. The number of ether oxygens (including phenoxy) is 2. The average molecular weight is 297 g/mol. The van der Waals surface area contributed by atoms with Crippen LogP contribution in [0.4, 0.5) is 4.39 Å². The highest BCUT2D eigenvalue weighted by Crippen LogP contribution is 2.23. The number of carbonyl (C=O) groups excluding carboxylic acids is 1. The van der Waals surface area contributed by atoms with Crippen molar-refractivity contribution in [3.63, 3.8) is 0 Å². The lowest BCUT2D eigenvalue weighted by atomic mass is 10.1. The molecule has 4 nitrogen and oxygen atoms in total. The Kier molecular flexibility index (Phi) is 7.75. The third-order valence-corrected chi connectivity index (χ3v) is 2.92. The Morgan fingerprint density at radius 3 is 2.81 bits per heavy atom. The van der Waals surface area contributed by atoms with Gasteiger partial charge in [-0.2, -0.15) is 0 Å². The van der Waals surface area contributed by atoms with Gasteiger partial charge in [-0.15, -0.1) is 0 Å². The zero-order chi connectivity index (χ0) is 15.7. The Hall–Kier alpha value is -1.62. The molecule has 1 rings (SSSR count). The summed E-state index contributed by atoms with van der Waals surface area (Å²) < 4.78 is 23.9. The molecule has 1 N–H and O–H groups in total. The molecule has 0 aliphatic carbocycles. The van der Waals surface area contributed by atoms with Crippen LogP contribution in [0.1, 0.15) is 32.3 Å². The Labute approximate surface area is 125 Å². The quantitative estimate of drug-likeness (QED) is 0.562. The first kappa shape index (κ1) is 17.4. The van der Waals surface area contributed by atoms with Crippen LogP contribution in [0.2, 0.25) is 0 Å². The summed E-state index contributed by atoms with van der Waals surface area (Å²) in [6.07, 6.45) is 0.770. The van der Waals surface area contributed by atoms with Gasteiger partial charge in [0.15, 0.2) is 11.6 Å². The van der Waals surface area contributed by atoms with Gasteiger partial charge in [0.1, 0.15) is 0 Å². The van der Waals surface area contributed by atoms with E-state index in [0.29, 0.717) is 18.9 Å². The summed E-state index contributed by atoms with van der Waals surface area (Å²) in [5, 5.41) is 3.27. The molecular formula is C16H24FNO3. The molecular weight excluding hydrogens is 273 g/mol. The highest BCUT2D eigenvalue weighted by Gasteiger charge is 2.10. The van der Waals surface area contributed by atoms with Crippen LogP contribution < -0.4 is 10.1 Å². The number of benzene rings is 1. The van der Waals surface area contributed by atoms with Crippen LogP contribution in [-0.2, 0) is 16.1 Å². The second-order valence-electron chi connectivity index (χ2n) is 5.28. The lowest BCUT2D eigenvalue weighted by Gasteiger charge is -2.13. The van der Waals surface area contributed by atoms with Gasteiger partial charge in [0.25, 0.3) is 0 Å². The number of carbonyl (C=O) groups is 1. The van der Waals surface area contributed by atoms with E-state index in [1.807, 2.05) is 6.07 Å². The fraction of sp³-hybridized carbons (Fsp3) is 0.562. The SMILES string of the molecule is COC(=O)CCCOc1c(F)cccc1CNCC(C)C. The number of nitrogens with one attached hydrogen (secondary N) is 1. The number of hydrogen-bond acceptors (Lipinski definition) is 4. The summed E-state index contributed by atoms with van der Waals surface area (Å²) in [7, 11) is 1.35. The highest BCUT2D eigenvalue weighted by molar-refractivity contribution is 5.69. The predicted octanol–water partition coefficient (Wildman–Crippen LogP) is 2.90. The minimum Gasteiger partial charge on any atom is -0.490 e. The third kappa shape index (κ3) is 6.58. The smallest absolute Gasteiger partial charge is 0.305 e. The molecule has 21 heavy (non-hydrogen) atoms. The number of rotatable bonds is 9. The Bertz CT molecular complexity index is 449. The van der Waals surface area contributed by atoms with Gasteiger partial charge in [-0.1, -0.05) is 26.0 Å². The van der Waals surface area contributed by atoms with Gasteiger partial charge in [0, 0.05) is 18.5 Å². The van der Waals surface area contributed by atoms with E-state index >= 15 is 0 Å². The third-order valence-electron chi connectivity index (χ3n) is 2.92. The van der Waals surface area contributed by atoms with Crippen molar-refractivity contribution in [3.8, 4) is 5.75 Å². The summed E-state index contributed by atoms with van der Waals surface area (Å²) in [4.78, 5) is 11.0. The summed E-state index contributed by atoms with van der Waals surface area (Å²) in [6, 6.07) is 4.89. The van der Waals surface area contributed by atoms with Crippen LogP contribution in [-0.4, -0.2) is 26.2 Å². The first-order chi connectivity index (χ1) is 10.0. The first-order valence-electron chi connectivity index (χ1n) is 7.22. The second kappa shape index (κ2) is 9.34. The van der Waals surface area contributed by atoms with E-state index in [1.54, 1.807) is 6.07 Å². The number of hydrogen-bond donors (Lipinski definition) is 1. The van der Waals surface area contributed by atoms with Crippen molar-refractivity contribution in [3.05, 3.63) is 29.6 Å². The van der Waals surface area contributed by atoms with Crippen LogP contribution >= 0.6 is 0 Å². The highest BCUT2D eigenvalue weighted by atomic mass is 19.1. The van der Waals surface area contributed by atoms with Crippen molar-refractivity contribution in [2.45, 2.75) is 33.2 Å². The lowest BCUT2D eigenvalue weighted by molar-refractivity contribution is -0.140. The van der Waals surface area contributed by atoms with Gasteiger partial charge in [0.2, 0.25) is 0 Å². The monoisotopic (exact) mass is 297 g/mol. The molecule has 1 aromatic rings. The number of halogens is 1. The van der Waals surface area contributed by atoms with Crippen molar-refractivity contribution >= 4 is 5.97 Å². The van der Waals surface area contributed by atoms with Crippen molar-refractivity contribution in [1.82, 2.24) is 5.32 Å². The Morgan fingerprint density at radius 2 is 2.14 bits per heavy atom. The van der Waals surface area contributed by atoms with Gasteiger partial charge in [-0.25, -0.2) is 4.39 Å². The van der Waals surface area contributed by atoms with Crippen molar-refractivity contribution in [1.29, 1.82) is 0 Å². The van der Waals surface area contributed by atoms with Gasteiger partial charge >= 0.3 is 5.97 Å². The Balaban J connectivity index is 2.52. The molecule has 0 aliphatic heterocycles. The maximum absolute atomic E-state index is 13.8. The number of para-hydroxylation sites is 1. The first-order valence-corrected chi connectivity index (χ1v) is 7.22. The van der Waals surface area contributed by atoms with Crippen LogP contribution in [0.15, 0.2) is 18.2 Å². The van der Waals surface area contributed by atoms with Crippen LogP contribution in [0.3, 0.4) is 0 Å². The topological polar surface area (TPSA) is 47.6 Å². The average Bonchev–Trinajstić information content (AvgIpc) is 2.45. The normalized spacial score (nSPS) is 10.7. The van der Waals surface area contributed by atoms with E-state index < -0.39 is 0 Å². The molecule has 5 heteroatoms. The molecule has 0 aromatic heterocycles. The predicted molar refractivity (Wildman–Crippen MR) is 79.7 cm³/mol. The van der Waals surface area contributed by atoms with Gasteiger partial charge in [-0.3, -0.25) is 4.79 Å². The minimum atomic E-state index is -0.378. The van der Waals surface area contributed by atoms with Crippen LogP contribution in [0.5, 0.6) is 5.75 Å². The maximum Gasteiger partial charge on any atom is 0.305 e. The molecule has 0 atom stereocenters. The molecule has 0 saturated carbocycles. The largest absolute Gasteiger partial charge is 0.490 e. The van der Waals surface area contributed by atoms with Gasteiger partial charge in [0.05, 0.1) is 13.7 Å². The minimum absolute atomic E-state index is 0.263. The molecule has 0 bridgehead atoms. The van der Waals surface area contributed by atoms with Crippen molar-refractivity contribution < 1.29 is 18.7 Å². The van der Waals surface area contributed by atoms with Gasteiger partial charge < -0.3 is 14.8 Å².